The average Bonchev–Trinajstić information content (AvgIpc) is 2.93. The highest BCUT2D eigenvalue weighted by molar-refractivity contribution is 7.99. The third-order valence-corrected chi connectivity index (χ3v) is 6.75. The number of hydrogen-bond acceptors (Lipinski definition) is 7. The molecule has 1 N–H and O–H groups in total. The summed E-state index contributed by atoms with van der Waals surface area (Å²) in [4.78, 5) is 68.4. The van der Waals surface area contributed by atoms with Crippen LogP contribution in [0, 0.1) is 0 Å². The zero-order chi connectivity index (χ0) is 28.6. The maximum absolute atomic E-state index is 13.5. The standard InChI is InChI=1S/C30H38N2O6S/c1-4-6-19-31-29(36)24-13-17-28(39-5-2)27(21-24)32(30(37)23-10-8-7-9-11-23)38-20-18-26(35)16-15-25(34)14-12-22(3)33/h7-11,13,17,21H,4-6,12,14-16,18-20H2,1-3H3,(H,31,36). The van der Waals surface area contributed by atoms with Crippen molar-refractivity contribution in [2.75, 3.05) is 24.0 Å². The van der Waals surface area contributed by atoms with Crippen LogP contribution in [0.15, 0.2) is 53.4 Å². The molecule has 0 saturated heterocycles. The van der Waals surface area contributed by atoms with Gasteiger partial charge < -0.3 is 10.1 Å². The molecule has 39 heavy (non-hydrogen) atoms. The van der Waals surface area contributed by atoms with E-state index in [0.717, 1.165) is 28.6 Å². The van der Waals surface area contributed by atoms with Crippen LogP contribution in [0.1, 0.15) is 86.4 Å². The summed E-state index contributed by atoms with van der Waals surface area (Å²) >= 11 is 1.51. The summed E-state index contributed by atoms with van der Waals surface area (Å²) in [7, 11) is 0. The number of nitrogens with one attached hydrogen (secondary N) is 1. The number of rotatable bonds is 18. The van der Waals surface area contributed by atoms with E-state index in [0.29, 0.717) is 23.4 Å². The summed E-state index contributed by atoms with van der Waals surface area (Å²) in [5.41, 5.74) is 1.21. The topological polar surface area (TPSA) is 110 Å². The van der Waals surface area contributed by atoms with Crippen molar-refractivity contribution in [1.29, 1.82) is 0 Å². The molecule has 0 radical (unpaired) electrons. The molecule has 0 aliphatic rings. The van der Waals surface area contributed by atoms with E-state index in [-0.39, 0.29) is 62.0 Å². The second-order valence-electron chi connectivity index (χ2n) is 9.05. The Bertz CT molecular complexity index is 1140. The van der Waals surface area contributed by atoms with Crippen molar-refractivity contribution < 1.29 is 28.8 Å². The molecule has 0 fully saturated rings. The zero-order valence-corrected chi connectivity index (χ0v) is 23.8. The van der Waals surface area contributed by atoms with Crippen LogP contribution < -0.4 is 10.4 Å². The van der Waals surface area contributed by atoms with Gasteiger partial charge in [-0.15, -0.1) is 11.8 Å². The second kappa shape index (κ2) is 17.3. The van der Waals surface area contributed by atoms with Crippen LogP contribution in [-0.4, -0.2) is 48.1 Å². The monoisotopic (exact) mass is 554 g/mol. The molecular weight excluding hydrogens is 516 g/mol. The van der Waals surface area contributed by atoms with Crippen molar-refractivity contribution in [3.05, 3.63) is 59.7 Å². The molecule has 2 aromatic rings. The Hall–Kier alpha value is -3.30. The van der Waals surface area contributed by atoms with Crippen molar-refractivity contribution in [3.63, 3.8) is 0 Å². The lowest BCUT2D eigenvalue weighted by Crippen LogP contribution is -2.33. The molecule has 0 saturated carbocycles. The highest BCUT2D eigenvalue weighted by atomic mass is 32.2. The second-order valence-corrected chi connectivity index (χ2v) is 10.4. The molecule has 0 aliphatic carbocycles. The van der Waals surface area contributed by atoms with Gasteiger partial charge in [-0.3, -0.25) is 24.0 Å². The van der Waals surface area contributed by atoms with Crippen molar-refractivity contribution in [3.8, 4) is 0 Å². The number of Topliss-reactive ketones (excluding diaryl/α,β-unsaturated/α-hetero) is 3. The molecule has 2 aromatic carbocycles. The zero-order valence-electron chi connectivity index (χ0n) is 23.0. The molecule has 8 nitrogen and oxygen atoms in total. The van der Waals surface area contributed by atoms with Gasteiger partial charge in [0.05, 0.1) is 12.3 Å². The highest BCUT2D eigenvalue weighted by Crippen LogP contribution is 2.33. The predicted molar refractivity (Wildman–Crippen MR) is 153 cm³/mol. The van der Waals surface area contributed by atoms with E-state index in [1.54, 1.807) is 48.5 Å². The van der Waals surface area contributed by atoms with Gasteiger partial charge >= 0.3 is 0 Å². The van der Waals surface area contributed by atoms with Gasteiger partial charge in [0.25, 0.3) is 11.8 Å². The number of ketones is 3. The Morgan fingerprint density at radius 3 is 2.15 bits per heavy atom. The summed E-state index contributed by atoms with van der Waals surface area (Å²) in [6, 6.07) is 13.8. The number of amides is 2. The van der Waals surface area contributed by atoms with Gasteiger partial charge in [-0.1, -0.05) is 38.5 Å². The molecule has 0 heterocycles. The van der Waals surface area contributed by atoms with Gasteiger partial charge in [0, 0.05) is 54.7 Å². The Kier molecular flexibility index (Phi) is 14.2. The van der Waals surface area contributed by atoms with Gasteiger partial charge in [-0.05, 0) is 49.4 Å². The number of carbonyl (C=O) groups excluding carboxylic acids is 5. The Labute approximate surface area is 234 Å². The highest BCUT2D eigenvalue weighted by Gasteiger charge is 2.24. The van der Waals surface area contributed by atoms with Crippen LogP contribution in [0.4, 0.5) is 5.69 Å². The normalized spacial score (nSPS) is 10.6. The van der Waals surface area contributed by atoms with Crippen LogP contribution in [0.2, 0.25) is 0 Å². The molecule has 0 spiro atoms. The van der Waals surface area contributed by atoms with Crippen LogP contribution in [-0.2, 0) is 19.2 Å². The minimum absolute atomic E-state index is 0.00596. The van der Waals surface area contributed by atoms with Crippen LogP contribution in [0.3, 0.4) is 0 Å². The van der Waals surface area contributed by atoms with Crippen molar-refractivity contribution >= 4 is 46.6 Å². The summed E-state index contributed by atoms with van der Waals surface area (Å²) in [5.74, 6) is -0.299. The maximum atomic E-state index is 13.5. The molecule has 210 valence electrons. The first-order valence-electron chi connectivity index (χ1n) is 13.4. The fourth-order valence-corrected chi connectivity index (χ4v) is 4.37. The molecule has 0 unspecified atom stereocenters. The van der Waals surface area contributed by atoms with Crippen molar-refractivity contribution in [1.82, 2.24) is 5.32 Å². The Balaban J connectivity index is 2.22. The maximum Gasteiger partial charge on any atom is 0.282 e. The van der Waals surface area contributed by atoms with Crippen LogP contribution >= 0.6 is 11.8 Å². The summed E-state index contributed by atoms with van der Waals surface area (Å²) in [6.07, 6.45) is 2.27. The lowest BCUT2D eigenvalue weighted by molar-refractivity contribution is -0.126. The number of unbranched alkanes of at least 4 members (excludes halogenated alkanes) is 1. The molecule has 0 aromatic heterocycles. The summed E-state index contributed by atoms with van der Waals surface area (Å²) in [5, 5.41) is 4.05. The first-order valence-corrected chi connectivity index (χ1v) is 14.4. The molecule has 9 heteroatoms. The lowest BCUT2D eigenvalue weighted by atomic mass is 10.1. The number of hydroxylamine groups is 1. The van der Waals surface area contributed by atoms with Gasteiger partial charge in [-0.2, -0.15) is 5.06 Å². The van der Waals surface area contributed by atoms with E-state index in [9.17, 15) is 24.0 Å². The molecule has 2 amide bonds. The van der Waals surface area contributed by atoms with E-state index in [1.807, 2.05) is 13.8 Å². The number of hydrogen-bond donors (Lipinski definition) is 1. The first kappa shape index (κ1) is 31.9. The third kappa shape index (κ3) is 11.1. The minimum atomic E-state index is -0.427. The average molecular weight is 555 g/mol. The van der Waals surface area contributed by atoms with E-state index < -0.39 is 5.91 Å². The van der Waals surface area contributed by atoms with Crippen LogP contribution in [0.25, 0.3) is 0 Å². The fraction of sp³-hybridized carbons (Fsp3) is 0.433. The number of nitrogens with zero attached hydrogens (tertiary/aromatic N) is 1. The number of thioether (sulfide) groups is 1. The molecule has 0 atom stereocenters. The van der Waals surface area contributed by atoms with E-state index in [2.05, 4.69) is 5.32 Å². The quantitative estimate of drug-likeness (QED) is 0.145. The number of benzene rings is 2. The fourth-order valence-electron chi connectivity index (χ4n) is 3.61. The van der Waals surface area contributed by atoms with Gasteiger partial charge in [0.15, 0.2) is 0 Å². The Morgan fingerprint density at radius 2 is 1.51 bits per heavy atom. The van der Waals surface area contributed by atoms with E-state index >= 15 is 0 Å². The number of anilines is 1. The van der Waals surface area contributed by atoms with Gasteiger partial charge in [0.1, 0.15) is 17.3 Å². The third-order valence-electron chi connectivity index (χ3n) is 5.80. The molecule has 2 rings (SSSR count). The smallest absolute Gasteiger partial charge is 0.282 e. The molecule has 0 bridgehead atoms. The van der Waals surface area contributed by atoms with Gasteiger partial charge in [-0.25, -0.2) is 0 Å². The Morgan fingerprint density at radius 1 is 0.846 bits per heavy atom. The molecular formula is C30H38N2O6S. The summed E-state index contributed by atoms with van der Waals surface area (Å²) < 4.78 is 0. The number of carbonyl (C=O) groups is 5. The van der Waals surface area contributed by atoms with E-state index in [4.69, 9.17) is 4.84 Å². The largest absolute Gasteiger partial charge is 0.352 e. The van der Waals surface area contributed by atoms with Crippen molar-refractivity contribution in [2.45, 2.75) is 70.6 Å². The lowest BCUT2D eigenvalue weighted by Gasteiger charge is -2.25. The predicted octanol–water partition coefficient (Wildman–Crippen LogP) is 5.58. The van der Waals surface area contributed by atoms with Gasteiger partial charge in [0.2, 0.25) is 0 Å². The summed E-state index contributed by atoms with van der Waals surface area (Å²) in [6.45, 7) is 5.93. The SMILES string of the molecule is CCCCNC(=O)c1ccc(SCC)c(N(OCCC(=O)CCC(=O)CCC(C)=O)C(=O)c2ccccc2)c1. The van der Waals surface area contributed by atoms with E-state index in [1.165, 1.54) is 18.7 Å². The first-order chi connectivity index (χ1) is 18.8. The molecule has 0 aliphatic heterocycles. The minimum Gasteiger partial charge on any atom is -0.352 e. The van der Waals surface area contributed by atoms with Crippen molar-refractivity contribution in [2.24, 2.45) is 0 Å². The van der Waals surface area contributed by atoms with Crippen LogP contribution in [0.5, 0.6) is 0 Å².